The van der Waals surface area contributed by atoms with Crippen LogP contribution in [0.3, 0.4) is 0 Å². The molecule has 0 aliphatic heterocycles. The second-order valence-electron chi connectivity index (χ2n) is 8.52. The van der Waals surface area contributed by atoms with Gasteiger partial charge in [-0.25, -0.2) is 4.98 Å². The molecule has 0 saturated carbocycles. The number of carbonyl (C=O) groups is 1. The van der Waals surface area contributed by atoms with Gasteiger partial charge in [-0.3, -0.25) is 4.79 Å². The van der Waals surface area contributed by atoms with E-state index in [0.717, 1.165) is 41.0 Å². The molecule has 0 saturated heterocycles. The monoisotopic (exact) mass is 483 g/mol. The number of para-hydroxylation sites is 2. The second kappa shape index (κ2) is 10.2. The van der Waals surface area contributed by atoms with E-state index in [4.69, 9.17) is 21.3 Å². The van der Waals surface area contributed by atoms with E-state index in [1.54, 1.807) is 24.3 Å². The number of carbonyl (C=O) groups excluding carboxylic acids is 1. The van der Waals surface area contributed by atoms with Crippen molar-refractivity contribution in [3.63, 3.8) is 0 Å². The third-order valence-electron chi connectivity index (χ3n) is 6.04. The summed E-state index contributed by atoms with van der Waals surface area (Å²) in [4.78, 5) is 17.6. The van der Waals surface area contributed by atoms with E-state index in [1.165, 1.54) is 5.39 Å². The number of imidazole rings is 1. The van der Waals surface area contributed by atoms with Gasteiger partial charge < -0.3 is 14.6 Å². The first-order valence-electron chi connectivity index (χ1n) is 11.7. The number of nitrogens with one attached hydrogen (secondary N) is 1. The zero-order valence-electron chi connectivity index (χ0n) is 19.4. The van der Waals surface area contributed by atoms with Gasteiger partial charge in [0.1, 0.15) is 11.6 Å². The van der Waals surface area contributed by atoms with E-state index >= 15 is 0 Å². The molecule has 176 valence electrons. The third kappa shape index (κ3) is 5.15. The Kier molecular flexibility index (Phi) is 6.68. The fourth-order valence-electron chi connectivity index (χ4n) is 4.28. The van der Waals surface area contributed by atoms with Crippen molar-refractivity contribution in [1.82, 2.24) is 14.9 Å². The van der Waals surface area contributed by atoms with Crippen LogP contribution in [0.4, 0.5) is 0 Å². The van der Waals surface area contributed by atoms with E-state index < -0.39 is 0 Å². The maximum absolute atomic E-state index is 12.8. The van der Waals surface area contributed by atoms with Crippen LogP contribution in [-0.4, -0.2) is 22.1 Å². The molecule has 6 heteroatoms. The molecule has 1 aromatic heterocycles. The molecule has 4 aromatic carbocycles. The largest absolute Gasteiger partial charge is 0.494 e. The summed E-state index contributed by atoms with van der Waals surface area (Å²) in [5, 5.41) is 6.03. The molecular weight excluding hydrogens is 458 g/mol. The standard InChI is InChI=1S/C29H26ClN3O2/c1-20(31-29(34)22-11-14-24(30)15-12-22)28-32-26-9-4-5-10-27(26)33(28)17-6-18-35-25-16-13-21-7-2-3-8-23(21)19-25/h2-5,7-16,19-20H,6,17-18H2,1H3,(H,31,34). The van der Waals surface area contributed by atoms with E-state index in [0.29, 0.717) is 17.2 Å². The number of nitrogens with zero attached hydrogens (tertiary/aromatic N) is 2. The van der Waals surface area contributed by atoms with Gasteiger partial charge in [-0.05, 0) is 72.6 Å². The highest BCUT2D eigenvalue weighted by molar-refractivity contribution is 6.30. The summed E-state index contributed by atoms with van der Waals surface area (Å²) in [6, 6.07) is 29.0. The lowest BCUT2D eigenvalue weighted by Crippen LogP contribution is -2.28. The van der Waals surface area contributed by atoms with Crippen LogP contribution in [0, 0.1) is 0 Å². The Balaban J connectivity index is 1.28. The predicted octanol–water partition coefficient (Wildman–Crippen LogP) is 6.80. The normalized spacial score (nSPS) is 12.1. The fraction of sp³-hybridized carbons (Fsp3) is 0.172. The Labute approximate surface area is 209 Å². The van der Waals surface area contributed by atoms with Crippen LogP contribution >= 0.6 is 11.6 Å². The number of halogens is 1. The summed E-state index contributed by atoms with van der Waals surface area (Å²) in [5.41, 5.74) is 2.51. The molecule has 1 N–H and O–H groups in total. The van der Waals surface area contributed by atoms with Gasteiger partial charge in [0.15, 0.2) is 0 Å². The maximum Gasteiger partial charge on any atom is 0.251 e. The van der Waals surface area contributed by atoms with Crippen molar-refractivity contribution in [1.29, 1.82) is 0 Å². The van der Waals surface area contributed by atoms with Gasteiger partial charge in [-0.15, -0.1) is 0 Å². The van der Waals surface area contributed by atoms with Crippen LogP contribution in [0.5, 0.6) is 5.75 Å². The zero-order chi connectivity index (χ0) is 24.2. The Bertz CT molecular complexity index is 1480. The van der Waals surface area contributed by atoms with Crippen LogP contribution in [0.1, 0.15) is 35.6 Å². The Morgan fingerprint density at radius 1 is 0.971 bits per heavy atom. The molecule has 1 unspecified atom stereocenters. The molecule has 0 fully saturated rings. The van der Waals surface area contributed by atoms with Crippen molar-refractivity contribution in [3.05, 3.63) is 107 Å². The summed E-state index contributed by atoms with van der Waals surface area (Å²) >= 11 is 5.95. The van der Waals surface area contributed by atoms with Crippen molar-refractivity contribution in [2.24, 2.45) is 0 Å². The Morgan fingerprint density at radius 2 is 1.71 bits per heavy atom. The first-order valence-corrected chi connectivity index (χ1v) is 12.1. The average molecular weight is 484 g/mol. The highest BCUT2D eigenvalue weighted by atomic mass is 35.5. The van der Waals surface area contributed by atoms with E-state index in [2.05, 4.69) is 40.2 Å². The van der Waals surface area contributed by atoms with Gasteiger partial charge in [-0.2, -0.15) is 0 Å². The zero-order valence-corrected chi connectivity index (χ0v) is 20.2. The number of amides is 1. The maximum atomic E-state index is 12.8. The molecule has 1 atom stereocenters. The second-order valence-corrected chi connectivity index (χ2v) is 8.96. The molecule has 0 bridgehead atoms. The molecule has 0 aliphatic carbocycles. The number of aromatic nitrogens is 2. The summed E-state index contributed by atoms with van der Waals surface area (Å²) in [7, 11) is 0. The number of ether oxygens (including phenoxy) is 1. The summed E-state index contributed by atoms with van der Waals surface area (Å²) in [5.74, 6) is 1.52. The fourth-order valence-corrected chi connectivity index (χ4v) is 4.40. The molecule has 5 nitrogen and oxygen atoms in total. The van der Waals surface area contributed by atoms with Gasteiger partial charge in [0.05, 0.1) is 23.7 Å². The van der Waals surface area contributed by atoms with Gasteiger partial charge in [-0.1, -0.05) is 54.1 Å². The Hall–Kier alpha value is -3.83. The van der Waals surface area contributed by atoms with Crippen LogP contribution in [0.2, 0.25) is 5.02 Å². The minimum atomic E-state index is -0.271. The molecular formula is C29H26ClN3O2. The lowest BCUT2D eigenvalue weighted by atomic mass is 10.1. The molecule has 5 rings (SSSR count). The number of benzene rings is 4. The SMILES string of the molecule is CC(NC(=O)c1ccc(Cl)cc1)c1nc2ccccc2n1CCCOc1ccc2ccccc2c1. The summed E-state index contributed by atoms with van der Waals surface area (Å²) < 4.78 is 8.22. The number of hydrogen-bond donors (Lipinski definition) is 1. The van der Waals surface area contributed by atoms with Gasteiger partial charge in [0.25, 0.3) is 5.91 Å². The van der Waals surface area contributed by atoms with Crippen molar-refractivity contribution >= 4 is 39.3 Å². The van der Waals surface area contributed by atoms with Crippen molar-refractivity contribution in [2.45, 2.75) is 25.9 Å². The highest BCUT2D eigenvalue weighted by Gasteiger charge is 2.19. The minimum absolute atomic E-state index is 0.160. The lowest BCUT2D eigenvalue weighted by Gasteiger charge is -2.17. The molecule has 1 amide bonds. The van der Waals surface area contributed by atoms with Gasteiger partial charge >= 0.3 is 0 Å². The first kappa shape index (κ1) is 22.9. The molecule has 0 radical (unpaired) electrons. The van der Waals surface area contributed by atoms with E-state index in [9.17, 15) is 4.79 Å². The average Bonchev–Trinajstić information content (AvgIpc) is 3.25. The number of aryl methyl sites for hydroxylation is 1. The first-order chi connectivity index (χ1) is 17.1. The highest BCUT2D eigenvalue weighted by Crippen LogP contribution is 2.23. The topological polar surface area (TPSA) is 56.2 Å². The van der Waals surface area contributed by atoms with E-state index in [-0.39, 0.29) is 11.9 Å². The van der Waals surface area contributed by atoms with Gasteiger partial charge in [0, 0.05) is 17.1 Å². The van der Waals surface area contributed by atoms with Crippen LogP contribution < -0.4 is 10.1 Å². The van der Waals surface area contributed by atoms with Crippen LogP contribution in [-0.2, 0) is 6.54 Å². The summed E-state index contributed by atoms with van der Waals surface area (Å²) in [6.45, 7) is 3.26. The van der Waals surface area contributed by atoms with E-state index in [1.807, 2.05) is 43.3 Å². The van der Waals surface area contributed by atoms with Crippen LogP contribution in [0.25, 0.3) is 21.8 Å². The molecule has 35 heavy (non-hydrogen) atoms. The quantitative estimate of drug-likeness (QED) is 0.247. The Morgan fingerprint density at radius 3 is 2.54 bits per heavy atom. The number of rotatable bonds is 8. The summed E-state index contributed by atoms with van der Waals surface area (Å²) in [6.07, 6.45) is 0.804. The number of hydrogen-bond acceptors (Lipinski definition) is 3. The molecule has 1 heterocycles. The van der Waals surface area contributed by atoms with Crippen LogP contribution in [0.15, 0.2) is 91.0 Å². The van der Waals surface area contributed by atoms with Crippen molar-refractivity contribution < 1.29 is 9.53 Å². The van der Waals surface area contributed by atoms with Gasteiger partial charge in [0.2, 0.25) is 0 Å². The lowest BCUT2D eigenvalue weighted by molar-refractivity contribution is 0.0937. The number of fused-ring (bicyclic) bond motifs is 2. The smallest absolute Gasteiger partial charge is 0.251 e. The molecule has 0 aliphatic rings. The minimum Gasteiger partial charge on any atom is -0.494 e. The predicted molar refractivity (Wildman–Crippen MR) is 141 cm³/mol. The van der Waals surface area contributed by atoms with Crippen molar-refractivity contribution in [3.8, 4) is 5.75 Å². The van der Waals surface area contributed by atoms with Crippen molar-refractivity contribution in [2.75, 3.05) is 6.61 Å². The molecule has 5 aromatic rings. The third-order valence-corrected chi connectivity index (χ3v) is 6.29. The molecule has 0 spiro atoms.